The van der Waals surface area contributed by atoms with Gasteiger partial charge in [0.05, 0.1) is 15.6 Å². The van der Waals surface area contributed by atoms with Crippen LogP contribution in [-0.4, -0.2) is 44.3 Å². The first-order valence-electron chi connectivity index (χ1n) is 14.1. The molecule has 0 spiro atoms. The second-order valence-corrected chi connectivity index (χ2v) is 12.7. The lowest BCUT2D eigenvalue weighted by Crippen LogP contribution is -2.53. The quantitative estimate of drug-likeness (QED) is 0.214. The van der Waals surface area contributed by atoms with E-state index in [0.29, 0.717) is 6.54 Å². The van der Waals surface area contributed by atoms with Crippen LogP contribution < -0.4 is 9.62 Å². The Bertz CT molecular complexity index is 1660. The number of carbonyl (C=O) groups excluding carboxylic acids is 2. The smallest absolute Gasteiger partial charge is 0.264 e. The fraction of sp³-hybridized carbons (Fsp3) is 0.235. The van der Waals surface area contributed by atoms with Gasteiger partial charge in [-0.2, -0.15) is 0 Å². The van der Waals surface area contributed by atoms with Crippen molar-refractivity contribution in [1.29, 1.82) is 0 Å². The van der Waals surface area contributed by atoms with Crippen LogP contribution in [0.4, 0.5) is 5.69 Å². The van der Waals surface area contributed by atoms with Crippen LogP contribution >= 0.6 is 11.6 Å². The van der Waals surface area contributed by atoms with Crippen LogP contribution in [0.1, 0.15) is 29.2 Å². The molecule has 0 fully saturated rings. The Morgan fingerprint density at radius 2 is 1.47 bits per heavy atom. The van der Waals surface area contributed by atoms with E-state index in [1.54, 1.807) is 36.4 Å². The van der Waals surface area contributed by atoms with Crippen molar-refractivity contribution in [3.8, 4) is 0 Å². The van der Waals surface area contributed by atoms with Crippen LogP contribution in [0.3, 0.4) is 0 Å². The minimum Gasteiger partial charge on any atom is -0.355 e. The van der Waals surface area contributed by atoms with Crippen molar-refractivity contribution in [3.05, 3.63) is 130 Å². The zero-order valence-corrected chi connectivity index (χ0v) is 26.1. The topological polar surface area (TPSA) is 86.8 Å². The molecule has 0 aliphatic rings. The Kier molecular flexibility index (Phi) is 10.6. The molecule has 1 atom stereocenters. The van der Waals surface area contributed by atoms with Gasteiger partial charge in [-0.25, -0.2) is 8.42 Å². The maximum absolute atomic E-state index is 14.4. The Morgan fingerprint density at radius 3 is 2.12 bits per heavy atom. The van der Waals surface area contributed by atoms with E-state index >= 15 is 0 Å². The number of amides is 2. The van der Waals surface area contributed by atoms with Gasteiger partial charge in [-0.05, 0) is 56.2 Å². The van der Waals surface area contributed by atoms with E-state index in [9.17, 15) is 18.0 Å². The highest BCUT2D eigenvalue weighted by atomic mass is 35.5. The number of aryl methyl sites for hydroxylation is 2. The summed E-state index contributed by atoms with van der Waals surface area (Å²) in [6.07, 6.45) is 0.251. The molecule has 224 valence electrons. The SMILES string of the molecule is CCNC(=O)C(Cc1ccccc1)N(Cc1cccc(C)c1)C(=O)CN(c1ccccc1Cl)S(=O)(=O)c1ccc(C)cc1. The van der Waals surface area contributed by atoms with Crippen molar-refractivity contribution in [1.82, 2.24) is 10.2 Å². The molecule has 0 bridgehead atoms. The average Bonchev–Trinajstić information content (AvgIpc) is 2.99. The molecule has 0 saturated heterocycles. The summed E-state index contributed by atoms with van der Waals surface area (Å²) < 4.78 is 29.2. The molecule has 0 heterocycles. The Hall–Kier alpha value is -4.14. The van der Waals surface area contributed by atoms with Gasteiger partial charge in [0, 0.05) is 19.5 Å². The van der Waals surface area contributed by atoms with Crippen LogP contribution in [0.2, 0.25) is 5.02 Å². The van der Waals surface area contributed by atoms with Crippen molar-refractivity contribution < 1.29 is 18.0 Å². The molecule has 9 heteroatoms. The molecular weight excluding hydrogens is 582 g/mol. The molecule has 0 aliphatic heterocycles. The van der Waals surface area contributed by atoms with Gasteiger partial charge in [-0.1, -0.05) is 102 Å². The molecule has 0 aliphatic carbocycles. The lowest BCUT2D eigenvalue weighted by atomic mass is 10.0. The van der Waals surface area contributed by atoms with E-state index in [1.807, 2.05) is 75.4 Å². The number of sulfonamides is 1. The van der Waals surface area contributed by atoms with E-state index < -0.39 is 28.5 Å². The maximum Gasteiger partial charge on any atom is 0.264 e. The molecule has 4 aromatic carbocycles. The molecule has 4 rings (SSSR count). The zero-order chi connectivity index (χ0) is 31.0. The molecule has 0 radical (unpaired) electrons. The zero-order valence-electron chi connectivity index (χ0n) is 24.5. The number of nitrogens with one attached hydrogen (secondary N) is 1. The first-order chi connectivity index (χ1) is 20.6. The summed E-state index contributed by atoms with van der Waals surface area (Å²) in [7, 11) is -4.22. The van der Waals surface area contributed by atoms with Crippen molar-refractivity contribution in [3.63, 3.8) is 0 Å². The standard InChI is InChI=1S/C34H36ClN3O4S/c1-4-36-34(40)32(22-27-12-6-5-7-13-27)37(23-28-14-10-11-26(3)21-28)33(39)24-38(31-16-9-8-15-30(31)35)43(41,42)29-19-17-25(2)18-20-29/h5-21,32H,4,22-24H2,1-3H3,(H,36,40). The fourth-order valence-electron chi connectivity index (χ4n) is 4.86. The third-order valence-corrected chi connectivity index (χ3v) is 9.16. The summed E-state index contributed by atoms with van der Waals surface area (Å²) in [6.45, 7) is 5.56. The lowest BCUT2D eigenvalue weighted by Gasteiger charge is -2.34. The minimum absolute atomic E-state index is 0.0283. The Labute approximate surface area is 259 Å². The number of halogens is 1. The van der Waals surface area contributed by atoms with Crippen molar-refractivity contribution in [2.24, 2.45) is 0 Å². The Balaban J connectivity index is 1.80. The molecule has 0 aromatic heterocycles. The average molecular weight is 618 g/mol. The van der Waals surface area contributed by atoms with Crippen LogP contribution in [0.5, 0.6) is 0 Å². The second-order valence-electron chi connectivity index (χ2n) is 10.4. The van der Waals surface area contributed by atoms with Crippen molar-refractivity contribution in [2.45, 2.75) is 44.7 Å². The number of benzene rings is 4. The van der Waals surface area contributed by atoms with E-state index in [4.69, 9.17) is 11.6 Å². The third kappa shape index (κ3) is 8.03. The molecule has 0 saturated carbocycles. The highest BCUT2D eigenvalue weighted by molar-refractivity contribution is 7.92. The predicted molar refractivity (Wildman–Crippen MR) is 172 cm³/mol. The molecule has 1 N–H and O–H groups in total. The number of anilines is 1. The maximum atomic E-state index is 14.4. The molecule has 1 unspecified atom stereocenters. The van der Waals surface area contributed by atoms with E-state index in [-0.39, 0.29) is 34.5 Å². The van der Waals surface area contributed by atoms with Crippen molar-refractivity contribution in [2.75, 3.05) is 17.4 Å². The van der Waals surface area contributed by atoms with Crippen LogP contribution in [0.25, 0.3) is 0 Å². The summed E-state index contributed by atoms with van der Waals surface area (Å²) in [5, 5.41) is 3.05. The van der Waals surface area contributed by atoms with Gasteiger partial charge in [0.25, 0.3) is 10.0 Å². The van der Waals surface area contributed by atoms with Gasteiger partial charge in [0.15, 0.2) is 0 Å². The van der Waals surface area contributed by atoms with E-state index in [1.165, 1.54) is 17.0 Å². The summed E-state index contributed by atoms with van der Waals surface area (Å²) in [5.74, 6) is -0.859. The first kappa shape index (κ1) is 31.8. The number of carbonyl (C=O) groups is 2. The number of nitrogens with zero attached hydrogens (tertiary/aromatic N) is 2. The monoisotopic (exact) mass is 617 g/mol. The van der Waals surface area contributed by atoms with Crippen LogP contribution in [0, 0.1) is 13.8 Å². The highest BCUT2D eigenvalue weighted by Crippen LogP contribution is 2.31. The van der Waals surface area contributed by atoms with Crippen LogP contribution in [0.15, 0.2) is 108 Å². The Morgan fingerprint density at radius 1 is 0.814 bits per heavy atom. The molecule has 7 nitrogen and oxygen atoms in total. The van der Waals surface area contributed by atoms with E-state index in [0.717, 1.165) is 26.6 Å². The summed E-state index contributed by atoms with van der Waals surface area (Å²) in [5.41, 5.74) is 3.76. The van der Waals surface area contributed by atoms with Gasteiger partial charge in [-0.3, -0.25) is 13.9 Å². The first-order valence-corrected chi connectivity index (χ1v) is 15.9. The number of rotatable bonds is 12. The van der Waals surface area contributed by atoms with Gasteiger partial charge in [-0.15, -0.1) is 0 Å². The minimum atomic E-state index is -4.22. The largest absolute Gasteiger partial charge is 0.355 e. The van der Waals surface area contributed by atoms with E-state index in [2.05, 4.69) is 5.32 Å². The fourth-order valence-corrected chi connectivity index (χ4v) is 6.58. The molecular formula is C34H36ClN3O4S. The predicted octanol–water partition coefficient (Wildman–Crippen LogP) is 5.93. The number of para-hydroxylation sites is 1. The molecule has 2 amide bonds. The highest BCUT2D eigenvalue weighted by Gasteiger charge is 2.35. The summed E-state index contributed by atoms with van der Waals surface area (Å²) in [6, 6.07) is 29.2. The summed E-state index contributed by atoms with van der Waals surface area (Å²) >= 11 is 6.51. The summed E-state index contributed by atoms with van der Waals surface area (Å²) in [4.78, 5) is 29.5. The normalized spacial score (nSPS) is 11.9. The second kappa shape index (κ2) is 14.4. The van der Waals surface area contributed by atoms with Crippen molar-refractivity contribution >= 4 is 39.1 Å². The van der Waals surface area contributed by atoms with Crippen LogP contribution in [-0.2, 0) is 32.6 Å². The van der Waals surface area contributed by atoms with Gasteiger partial charge < -0.3 is 10.2 Å². The molecule has 4 aromatic rings. The number of hydrogen-bond acceptors (Lipinski definition) is 4. The number of hydrogen-bond donors (Lipinski definition) is 1. The number of likely N-dealkylation sites (N-methyl/N-ethyl adjacent to an activating group) is 1. The van der Waals surface area contributed by atoms with Gasteiger partial charge in [0.2, 0.25) is 11.8 Å². The van der Waals surface area contributed by atoms with Gasteiger partial charge >= 0.3 is 0 Å². The lowest BCUT2D eigenvalue weighted by molar-refractivity contribution is -0.140. The third-order valence-electron chi connectivity index (χ3n) is 7.07. The molecule has 43 heavy (non-hydrogen) atoms. The van der Waals surface area contributed by atoms with Gasteiger partial charge in [0.1, 0.15) is 12.6 Å².